The molecule has 0 bridgehead atoms. The van der Waals surface area contributed by atoms with Crippen molar-refractivity contribution in [1.82, 2.24) is 15.6 Å². The SMILES string of the molecule is O=C(C[C@H]1CC[C@H](NC(=O)C2CCOCC2)[C@@H](CO)O1)NCc1ccncc1. The first-order chi connectivity index (χ1) is 13.7. The Hall–Kier alpha value is -2.03. The maximum atomic E-state index is 12.4. The average Bonchev–Trinajstić information content (AvgIpc) is 2.74. The summed E-state index contributed by atoms with van der Waals surface area (Å²) in [7, 11) is 0. The van der Waals surface area contributed by atoms with Gasteiger partial charge >= 0.3 is 0 Å². The lowest BCUT2D eigenvalue weighted by Crippen LogP contribution is -2.53. The van der Waals surface area contributed by atoms with Crippen molar-refractivity contribution in [3.63, 3.8) is 0 Å². The van der Waals surface area contributed by atoms with Crippen molar-refractivity contribution >= 4 is 11.8 Å². The summed E-state index contributed by atoms with van der Waals surface area (Å²) in [6, 6.07) is 3.48. The molecule has 1 aromatic heterocycles. The largest absolute Gasteiger partial charge is 0.394 e. The molecular weight excluding hydrogens is 362 g/mol. The molecule has 8 heteroatoms. The molecule has 8 nitrogen and oxygen atoms in total. The third kappa shape index (κ3) is 5.98. The molecule has 0 aromatic carbocycles. The second-order valence-corrected chi connectivity index (χ2v) is 7.39. The van der Waals surface area contributed by atoms with Crippen LogP contribution < -0.4 is 10.6 Å². The fraction of sp³-hybridized carbons (Fsp3) is 0.650. The van der Waals surface area contributed by atoms with Crippen LogP contribution in [0.5, 0.6) is 0 Å². The predicted octanol–water partition coefficient (Wildman–Crippen LogP) is 0.539. The molecule has 0 saturated carbocycles. The van der Waals surface area contributed by atoms with Crippen LogP contribution in [0, 0.1) is 5.92 Å². The topological polar surface area (TPSA) is 110 Å². The predicted molar refractivity (Wildman–Crippen MR) is 101 cm³/mol. The van der Waals surface area contributed by atoms with Crippen molar-refractivity contribution in [1.29, 1.82) is 0 Å². The Balaban J connectivity index is 1.43. The Morgan fingerprint density at radius 1 is 1.14 bits per heavy atom. The highest BCUT2D eigenvalue weighted by Gasteiger charge is 2.34. The normalized spacial score (nSPS) is 25.8. The molecular formula is C20H29N3O5. The van der Waals surface area contributed by atoms with Crippen molar-refractivity contribution in [3.8, 4) is 0 Å². The summed E-state index contributed by atoms with van der Waals surface area (Å²) in [5.41, 5.74) is 0.983. The maximum absolute atomic E-state index is 12.4. The van der Waals surface area contributed by atoms with Crippen molar-refractivity contribution < 1.29 is 24.2 Å². The third-order valence-corrected chi connectivity index (χ3v) is 5.37. The number of aromatic nitrogens is 1. The summed E-state index contributed by atoms with van der Waals surface area (Å²) in [6.45, 7) is 1.48. The van der Waals surface area contributed by atoms with E-state index in [1.807, 2.05) is 12.1 Å². The zero-order valence-electron chi connectivity index (χ0n) is 16.0. The van der Waals surface area contributed by atoms with E-state index in [0.29, 0.717) is 32.6 Å². The van der Waals surface area contributed by atoms with Gasteiger partial charge in [0.25, 0.3) is 0 Å². The average molecular weight is 391 g/mol. The highest BCUT2D eigenvalue weighted by atomic mass is 16.5. The lowest BCUT2D eigenvalue weighted by molar-refractivity contribution is -0.139. The number of carbonyl (C=O) groups excluding carboxylic acids is 2. The van der Waals surface area contributed by atoms with E-state index in [4.69, 9.17) is 9.47 Å². The van der Waals surface area contributed by atoms with Crippen molar-refractivity contribution in [2.75, 3.05) is 19.8 Å². The van der Waals surface area contributed by atoms with Gasteiger partial charge in [-0.25, -0.2) is 0 Å². The van der Waals surface area contributed by atoms with Gasteiger partial charge in [0.2, 0.25) is 11.8 Å². The van der Waals surface area contributed by atoms with Gasteiger partial charge in [-0.1, -0.05) is 0 Å². The Morgan fingerprint density at radius 3 is 2.61 bits per heavy atom. The van der Waals surface area contributed by atoms with E-state index >= 15 is 0 Å². The molecule has 154 valence electrons. The maximum Gasteiger partial charge on any atom is 0.223 e. The molecule has 1 aromatic rings. The first kappa shape index (κ1) is 20.7. The number of rotatable bonds is 7. The van der Waals surface area contributed by atoms with Gasteiger partial charge in [-0.15, -0.1) is 0 Å². The second-order valence-electron chi connectivity index (χ2n) is 7.39. The minimum atomic E-state index is -0.490. The first-order valence-corrected chi connectivity index (χ1v) is 9.95. The van der Waals surface area contributed by atoms with Gasteiger partial charge in [-0.05, 0) is 43.4 Å². The van der Waals surface area contributed by atoms with Gasteiger partial charge < -0.3 is 25.2 Å². The molecule has 0 aliphatic carbocycles. The van der Waals surface area contributed by atoms with Crippen LogP contribution in [0.4, 0.5) is 0 Å². The van der Waals surface area contributed by atoms with Gasteiger partial charge in [0.15, 0.2) is 0 Å². The van der Waals surface area contributed by atoms with E-state index in [1.54, 1.807) is 12.4 Å². The number of hydrogen-bond acceptors (Lipinski definition) is 6. The van der Waals surface area contributed by atoms with Gasteiger partial charge in [-0.2, -0.15) is 0 Å². The van der Waals surface area contributed by atoms with Gasteiger partial charge in [0.05, 0.1) is 25.2 Å². The third-order valence-electron chi connectivity index (χ3n) is 5.37. The van der Waals surface area contributed by atoms with E-state index in [-0.39, 0.29) is 42.9 Å². The molecule has 2 saturated heterocycles. The summed E-state index contributed by atoms with van der Waals surface area (Å²) in [5.74, 6) is -0.128. The molecule has 2 aliphatic rings. The number of carbonyl (C=O) groups is 2. The van der Waals surface area contributed by atoms with Crippen LogP contribution >= 0.6 is 0 Å². The van der Waals surface area contributed by atoms with E-state index < -0.39 is 6.10 Å². The number of nitrogens with zero attached hydrogens (tertiary/aromatic N) is 1. The fourth-order valence-electron chi connectivity index (χ4n) is 3.69. The summed E-state index contributed by atoms with van der Waals surface area (Å²) in [4.78, 5) is 28.6. The Labute approximate surface area is 165 Å². The van der Waals surface area contributed by atoms with Crippen LogP contribution in [-0.4, -0.2) is 60.0 Å². The number of aliphatic hydroxyl groups is 1. The quantitative estimate of drug-likeness (QED) is 0.626. The van der Waals surface area contributed by atoms with Gasteiger partial charge in [-0.3, -0.25) is 14.6 Å². The summed E-state index contributed by atoms with van der Waals surface area (Å²) < 4.78 is 11.2. The molecule has 2 amide bonds. The molecule has 0 spiro atoms. The zero-order chi connectivity index (χ0) is 19.8. The fourth-order valence-corrected chi connectivity index (χ4v) is 3.69. The van der Waals surface area contributed by atoms with Crippen LogP contribution in [0.2, 0.25) is 0 Å². The number of amides is 2. The monoisotopic (exact) mass is 391 g/mol. The van der Waals surface area contributed by atoms with E-state index in [2.05, 4.69) is 15.6 Å². The Morgan fingerprint density at radius 2 is 1.89 bits per heavy atom. The Kier molecular flexibility index (Phi) is 7.76. The second kappa shape index (κ2) is 10.5. The van der Waals surface area contributed by atoms with Crippen molar-refractivity contribution in [3.05, 3.63) is 30.1 Å². The molecule has 3 N–H and O–H groups in total. The summed E-state index contributed by atoms with van der Waals surface area (Å²) >= 11 is 0. The standard InChI is InChI=1S/C20H29N3O5/c24-13-18-17(23-20(26)15-5-9-27-10-6-15)2-1-16(28-18)11-19(25)22-12-14-3-7-21-8-4-14/h3-4,7-8,15-18,24H,1-2,5-6,9-13H2,(H,22,25)(H,23,26)/t16-,17+,18-/m1/s1. The highest BCUT2D eigenvalue weighted by molar-refractivity contribution is 5.79. The molecule has 0 radical (unpaired) electrons. The number of pyridine rings is 1. The number of nitrogens with one attached hydrogen (secondary N) is 2. The molecule has 3 atom stereocenters. The highest BCUT2D eigenvalue weighted by Crippen LogP contribution is 2.23. The molecule has 28 heavy (non-hydrogen) atoms. The first-order valence-electron chi connectivity index (χ1n) is 9.95. The lowest BCUT2D eigenvalue weighted by atomic mass is 9.94. The minimum absolute atomic E-state index is 0.00361. The van der Waals surface area contributed by atoms with Crippen LogP contribution in [0.3, 0.4) is 0 Å². The summed E-state index contributed by atoms with van der Waals surface area (Å²) in [6.07, 6.45) is 5.66. The lowest BCUT2D eigenvalue weighted by Gasteiger charge is -2.37. The van der Waals surface area contributed by atoms with Crippen LogP contribution in [0.25, 0.3) is 0 Å². The Bertz CT molecular complexity index is 636. The van der Waals surface area contributed by atoms with Crippen molar-refractivity contribution in [2.24, 2.45) is 5.92 Å². The molecule has 2 aliphatic heterocycles. The van der Waals surface area contributed by atoms with Crippen molar-refractivity contribution in [2.45, 2.75) is 56.9 Å². The van der Waals surface area contributed by atoms with Crippen LogP contribution in [-0.2, 0) is 25.6 Å². The smallest absolute Gasteiger partial charge is 0.223 e. The number of aliphatic hydroxyl groups excluding tert-OH is 1. The molecule has 2 fully saturated rings. The van der Waals surface area contributed by atoms with Crippen LogP contribution in [0.15, 0.2) is 24.5 Å². The van der Waals surface area contributed by atoms with E-state index in [9.17, 15) is 14.7 Å². The van der Waals surface area contributed by atoms with E-state index in [1.165, 1.54) is 0 Å². The van der Waals surface area contributed by atoms with Gasteiger partial charge in [0.1, 0.15) is 6.10 Å². The molecule has 3 rings (SSSR count). The summed E-state index contributed by atoms with van der Waals surface area (Å²) in [5, 5.41) is 15.6. The van der Waals surface area contributed by atoms with Crippen LogP contribution in [0.1, 0.15) is 37.7 Å². The van der Waals surface area contributed by atoms with E-state index in [0.717, 1.165) is 18.4 Å². The molecule has 3 heterocycles. The number of hydrogen-bond donors (Lipinski definition) is 3. The van der Waals surface area contributed by atoms with Gasteiger partial charge in [0, 0.05) is 38.1 Å². The number of ether oxygens (including phenoxy) is 2. The molecule has 0 unspecified atom stereocenters. The zero-order valence-corrected chi connectivity index (χ0v) is 16.0. The minimum Gasteiger partial charge on any atom is -0.394 e.